The number of hydrogen-bond donors (Lipinski definition) is 0. The van der Waals surface area contributed by atoms with E-state index in [9.17, 15) is 4.79 Å². The Balaban J connectivity index is 2.51. The number of hydrogen-bond acceptors (Lipinski definition) is 3. The van der Waals surface area contributed by atoms with Gasteiger partial charge in [0.2, 0.25) is 0 Å². The van der Waals surface area contributed by atoms with E-state index in [2.05, 4.69) is 25.8 Å². The second-order valence-electron chi connectivity index (χ2n) is 5.47. The van der Waals surface area contributed by atoms with Crippen LogP contribution in [0.15, 0.2) is 6.07 Å². The summed E-state index contributed by atoms with van der Waals surface area (Å²) >= 11 is 6.08. The average molecular weight is 268 g/mol. The standard InChI is InChI=1S/C14H18ClNO2/c1-5-18-13(17)9-6-10-11(16-12(9)15)8(2)7-14(10,3)4/h6,8H,5,7H2,1-4H3. The van der Waals surface area contributed by atoms with Gasteiger partial charge < -0.3 is 4.74 Å². The van der Waals surface area contributed by atoms with Crippen molar-refractivity contribution in [3.63, 3.8) is 0 Å². The van der Waals surface area contributed by atoms with Crippen LogP contribution in [-0.4, -0.2) is 17.6 Å². The number of nitrogens with zero attached hydrogens (tertiary/aromatic N) is 1. The van der Waals surface area contributed by atoms with Gasteiger partial charge in [-0.25, -0.2) is 9.78 Å². The normalized spacial score (nSPS) is 20.6. The number of fused-ring (bicyclic) bond motifs is 1. The number of ether oxygens (including phenoxy) is 1. The Morgan fingerprint density at radius 1 is 1.61 bits per heavy atom. The van der Waals surface area contributed by atoms with Crippen molar-refractivity contribution in [1.29, 1.82) is 0 Å². The Kier molecular flexibility index (Phi) is 3.37. The molecule has 0 spiro atoms. The Morgan fingerprint density at radius 2 is 2.28 bits per heavy atom. The second kappa shape index (κ2) is 4.54. The van der Waals surface area contributed by atoms with Crippen LogP contribution >= 0.6 is 11.6 Å². The minimum Gasteiger partial charge on any atom is -0.462 e. The first-order valence-corrected chi connectivity index (χ1v) is 6.62. The van der Waals surface area contributed by atoms with Crippen LogP contribution < -0.4 is 0 Å². The van der Waals surface area contributed by atoms with E-state index in [0.29, 0.717) is 18.1 Å². The van der Waals surface area contributed by atoms with Crippen LogP contribution in [0, 0.1) is 0 Å². The van der Waals surface area contributed by atoms with Gasteiger partial charge in [0.05, 0.1) is 12.2 Å². The maximum absolute atomic E-state index is 11.8. The van der Waals surface area contributed by atoms with Crippen LogP contribution in [0.5, 0.6) is 0 Å². The predicted molar refractivity (Wildman–Crippen MR) is 71.3 cm³/mol. The summed E-state index contributed by atoms with van der Waals surface area (Å²) in [6.45, 7) is 8.59. The molecule has 1 unspecified atom stereocenters. The Labute approximate surface area is 113 Å². The third kappa shape index (κ3) is 2.12. The van der Waals surface area contributed by atoms with Crippen molar-refractivity contribution in [3.8, 4) is 0 Å². The van der Waals surface area contributed by atoms with Gasteiger partial charge in [0, 0.05) is 5.69 Å². The van der Waals surface area contributed by atoms with E-state index in [0.717, 1.165) is 17.7 Å². The van der Waals surface area contributed by atoms with Crippen LogP contribution in [0.2, 0.25) is 5.15 Å². The molecule has 2 rings (SSSR count). The van der Waals surface area contributed by atoms with Crippen molar-refractivity contribution in [2.24, 2.45) is 0 Å². The number of carbonyl (C=O) groups excluding carboxylic acids is 1. The second-order valence-corrected chi connectivity index (χ2v) is 5.83. The number of rotatable bonds is 2. The van der Waals surface area contributed by atoms with Gasteiger partial charge in [-0.1, -0.05) is 32.4 Å². The molecule has 1 heterocycles. The molecule has 0 saturated heterocycles. The first-order valence-electron chi connectivity index (χ1n) is 6.25. The van der Waals surface area contributed by atoms with Crippen molar-refractivity contribution in [2.75, 3.05) is 6.61 Å². The molecule has 3 nitrogen and oxygen atoms in total. The lowest BCUT2D eigenvalue weighted by atomic mass is 9.86. The monoisotopic (exact) mass is 267 g/mol. The topological polar surface area (TPSA) is 39.2 Å². The Hall–Kier alpha value is -1.09. The number of esters is 1. The van der Waals surface area contributed by atoms with E-state index in [4.69, 9.17) is 16.3 Å². The average Bonchev–Trinajstić information content (AvgIpc) is 2.48. The summed E-state index contributed by atoms with van der Waals surface area (Å²) in [4.78, 5) is 16.2. The number of pyridine rings is 1. The van der Waals surface area contributed by atoms with Gasteiger partial charge in [0.15, 0.2) is 0 Å². The molecule has 1 atom stereocenters. The zero-order valence-corrected chi connectivity index (χ0v) is 12.0. The number of carbonyl (C=O) groups is 1. The molecule has 4 heteroatoms. The highest BCUT2D eigenvalue weighted by atomic mass is 35.5. The molecule has 0 fully saturated rings. The molecule has 0 radical (unpaired) electrons. The van der Waals surface area contributed by atoms with Gasteiger partial charge in [-0.15, -0.1) is 0 Å². The molecule has 1 aliphatic carbocycles. The Bertz CT molecular complexity index is 497. The maximum Gasteiger partial charge on any atom is 0.341 e. The van der Waals surface area contributed by atoms with Gasteiger partial charge in [0.25, 0.3) is 0 Å². The largest absolute Gasteiger partial charge is 0.462 e. The molecule has 98 valence electrons. The highest BCUT2D eigenvalue weighted by Gasteiger charge is 2.37. The van der Waals surface area contributed by atoms with E-state index >= 15 is 0 Å². The summed E-state index contributed by atoms with van der Waals surface area (Å²) in [5, 5.41) is 0.247. The summed E-state index contributed by atoms with van der Waals surface area (Å²) < 4.78 is 5.00. The van der Waals surface area contributed by atoms with Crippen LogP contribution in [-0.2, 0) is 10.2 Å². The van der Waals surface area contributed by atoms with E-state index in [1.807, 2.05) is 6.07 Å². The van der Waals surface area contributed by atoms with Crippen molar-refractivity contribution in [2.45, 2.75) is 45.4 Å². The lowest BCUT2D eigenvalue weighted by Gasteiger charge is -2.19. The SMILES string of the molecule is CCOC(=O)c1cc2c(nc1Cl)C(C)CC2(C)C. The van der Waals surface area contributed by atoms with E-state index in [1.165, 1.54) is 0 Å². The van der Waals surface area contributed by atoms with Gasteiger partial charge in [-0.05, 0) is 36.3 Å². The highest BCUT2D eigenvalue weighted by molar-refractivity contribution is 6.32. The van der Waals surface area contributed by atoms with Crippen molar-refractivity contribution in [1.82, 2.24) is 4.98 Å². The smallest absolute Gasteiger partial charge is 0.341 e. The van der Waals surface area contributed by atoms with Crippen LogP contribution in [0.25, 0.3) is 0 Å². The molecule has 0 N–H and O–H groups in total. The van der Waals surface area contributed by atoms with E-state index in [1.54, 1.807) is 6.92 Å². The minimum atomic E-state index is -0.395. The molecule has 0 bridgehead atoms. The van der Waals surface area contributed by atoms with E-state index in [-0.39, 0.29) is 10.6 Å². The molecular weight excluding hydrogens is 250 g/mol. The van der Waals surface area contributed by atoms with Gasteiger partial charge in [0.1, 0.15) is 5.15 Å². The zero-order chi connectivity index (χ0) is 13.5. The highest BCUT2D eigenvalue weighted by Crippen LogP contribution is 2.45. The summed E-state index contributed by atoms with van der Waals surface area (Å²) in [6.07, 6.45) is 1.03. The summed E-state index contributed by atoms with van der Waals surface area (Å²) in [6, 6.07) is 1.85. The molecule has 1 aromatic rings. The molecule has 18 heavy (non-hydrogen) atoms. The van der Waals surface area contributed by atoms with Crippen molar-refractivity contribution in [3.05, 3.63) is 28.0 Å². The van der Waals surface area contributed by atoms with E-state index < -0.39 is 5.97 Å². The van der Waals surface area contributed by atoms with Crippen molar-refractivity contribution >= 4 is 17.6 Å². The Morgan fingerprint density at radius 3 is 2.89 bits per heavy atom. The molecule has 0 amide bonds. The fraction of sp³-hybridized carbons (Fsp3) is 0.571. The summed E-state index contributed by atoms with van der Waals surface area (Å²) in [7, 11) is 0. The maximum atomic E-state index is 11.8. The molecular formula is C14H18ClNO2. The molecule has 0 aromatic carbocycles. The molecule has 0 saturated carbocycles. The molecule has 1 aliphatic rings. The van der Waals surface area contributed by atoms with Crippen LogP contribution in [0.1, 0.15) is 61.6 Å². The molecule has 0 aliphatic heterocycles. The van der Waals surface area contributed by atoms with Crippen molar-refractivity contribution < 1.29 is 9.53 Å². The van der Waals surface area contributed by atoms with Crippen LogP contribution in [0.3, 0.4) is 0 Å². The zero-order valence-electron chi connectivity index (χ0n) is 11.2. The van der Waals surface area contributed by atoms with Gasteiger partial charge in [-0.3, -0.25) is 0 Å². The fourth-order valence-corrected chi connectivity index (χ4v) is 2.97. The first-order chi connectivity index (χ1) is 8.36. The lowest BCUT2D eigenvalue weighted by molar-refractivity contribution is 0.0526. The number of aromatic nitrogens is 1. The van der Waals surface area contributed by atoms with Gasteiger partial charge in [-0.2, -0.15) is 0 Å². The summed E-state index contributed by atoms with van der Waals surface area (Å²) in [5.74, 6) is -0.0168. The molecule has 1 aromatic heterocycles. The quantitative estimate of drug-likeness (QED) is 0.606. The minimum absolute atomic E-state index is 0.0353. The third-order valence-electron chi connectivity index (χ3n) is 3.51. The fourth-order valence-electron chi connectivity index (χ4n) is 2.75. The summed E-state index contributed by atoms with van der Waals surface area (Å²) in [5.41, 5.74) is 2.54. The predicted octanol–water partition coefficient (Wildman–Crippen LogP) is 3.70. The first kappa shape index (κ1) is 13.3. The van der Waals surface area contributed by atoms with Crippen LogP contribution in [0.4, 0.5) is 0 Å². The third-order valence-corrected chi connectivity index (χ3v) is 3.80. The van der Waals surface area contributed by atoms with Gasteiger partial charge >= 0.3 is 5.97 Å². The number of halogens is 1. The lowest BCUT2D eigenvalue weighted by Crippen LogP contribution is -2.14.